The van der Waals surface area contributed by atoms with Crippen LogP contribution in [0.1, 0.15) is 32.3 Å². The fraction of sp³-hybridized carbons (Fsp3) is 0.368. The summed E-state index contributed by atoms with van der Waals surface area (Å²) in [6, 6.07) is 9.69. The minimum atomic E-state index is -0.406. The molecule has 1 unspecified atom stereocenters. The van der Waals surface area contributed by atoms with E-state index in [0.29, 0.717) is 31.0 Å². The number of rotatable bonds is 7. The van der Waals surface area contributed by atoms with Crippen molar-refractivity contribution >= 4 is 18.0 Å². The van der Waals surface area contributed by atoms with Gasteiger partial charge in [0.05, 0.1) is 25.2 Å². The Morgan fingerprint density at radius 1 is 1.12 bits per heavy atom. The highest BCUT2D eigenvalue weighted by Gasteiger charge is 2.31. The smallest absolute Gasteiger partial charge is 0.337 e. The molecule has 0 N–H and O–H groups in total. The van der Waals surface area contributed by atoms with E-state index in [4.69, 9.17) is 14.2 Å². The number of ether oxygens (including phenoxy) is 3. The third kappa shape index (κ3) is 4.98. The summed E-state index contributed by atoms with van der Waals surface area (Å²) in [6.07, 6.45) is 3.65. The minimum Gasteiger partial charge on any atom is -0.489 e. The van der Waals surface area contributed by atoms with Gasteiger partial charge in [0.25, 0.3) is 0 Å². The maximum Gasteiger partial charge on any atom is 0.337 e. The molecule has 0 aromatic heterocycles. The van der Waals surface area contributed by atoms with Crippen molar-refractivity contribution in [2.75, 3.05) is 13.2 Å². The molecule has 0 saturated carbocycles. The molecule has 1 atom stereocenters. The normalized spacial score (nSPS) is 17.0. The van der Waals surface area contributed by atoms with E-state index in [1.807, 2.05) is 36.4 Å². The highest BCUT2D eigenvalue weighted by atomic mass is 16.5. The molecule has 1 heterocycles. The van der Waals surface area contributed by atoms with Gasteiger partial charge in [-0.3, -0.25) is 4.79 Å². The SMILES string of the molecule is CCOC(=O)CC1CC(C(=O)OCC)=C(/C=C/c2ccccc2)O1. The molecule has 24 heavy (non-hydrogen) atoms. The van der Waals surface area contributed by atoms with Crippen molar-refractivity contribution in [3.8, 4) is 0 Å². The molecule has 2 rings (SSSR count). The number of esters is 2. The molecule has 0 bridgehead atoms. The maximum atomic E-state index is 12.1. The molecule has 1 aliphatic heterocycles. The minimum absolute atomic E-state index is 0.111. The lowest BCUT2D eigenvalue weighted by Gasteiger charge is -2.10. The second-order valence-corrected chi connectivity index (χ2v) is 5.26. The van der Waals surface area contributed by atoms with Crippen molar-refractivity contribution in [1.29, 1.82) is 0 Å². The summed E-state index contributed by atoms with van der Waals surface area (Å²) in [6.45, 7) is 4.12. The van der Waals surface area contributed by atoms with Crippen LogP contribution in [0.15, 0.2) is 47.7 Å². The van der Waals surface area contributed by atoms with E-state index in [2.05, 4.69) is 0 Å². The van der Waals surface area contributed by atoms with Crippen LogP contribution in [0.5, 0.6) is 0 Å². The molecule has 5 heteroatoms. The number of benzene rings is 1. The molecule has 0 spiro atoms. The number of carbonyl (C=O) groups excluding carboxylic acids is 2. The van der Waals surface area contributed by atoms with E-state index in [1.54, 1.807) is 19.9 Å². The van der Waals surface area contributed by atoms with Crippen LogP contribution in [0.25, 0.3) is 6.08 Å². The van der Waals surface area contributed by atoms with E-state index in [0.717, 1.165) is 5.56 Å². The van der Waals surface area contributed by atoms with Crippen molar-refractivity contribution in [3.05, 3.63) is 53.3 Å². The molecule has 128 valence electrons. The standard InChI is InChI=1S/C19H22O5/c1-3-22-18(20)13-15-12-16(19(21)23-4-2)17(24-15)11-10-14-8-6-5-7-9-14/h5-11,15H,3-4,12-13H2,1-2H3/b11-10+. The van der Waals surface area contributed by atoms with Crippen LogP contribution < -0.4 is 0 Å². The number of hydrogen-bond acceptors (Lipinski definition) is 5. The van der Waals surface area contributed by atoms with Gasteiger partial charge in [0, 0.05) is 6.42 Å². The first-order valence-corrected chi connectivity index (χ1v) is 8.09. The molecule has 0 radical (unpaired) electrons. The lowest BCUT2D eigenvalue weighted by atomic mass is 10.1. The molecule has 1 aromatic rings. The Morgan fingerprint density at radius 3 is 2.50 bits per heavy atom. The number of carbonyl (C=O) groups is 2. The summed E-state index contributed by atoms with van der Waals surface area (Å²) < 4.78 is 15.8. The summed E-state index contributed by atoms with van der Waals surface area (Å²) in [5.41, 5.74) is 1.45. The maximum absolute atomic E-state index is 12.1. The van der Waals surface area contributed by atoms with Gasteiger partial charge >= 0.3 is 11.9 Å². The molecule has 1 aliphatic rings. The zero-order chi connectivity index (χ0) is 17.4. The van der Waals surface area contributed by atoms with Crippen molar-refractivity contribution in [3.63, 3.8) is 0 Å². The first-order chi connectivity index (χ1) is 11.6. The fourth-order valence-corrected chi connectivity index (χ4v) is 2.42. The average Bonchev–Trinajstić information content (AvgIpc) is 2.97. The van der Waals surface area contributed by atoms with Crippen molar-refractivity contribution in [1.82, 2.24) is 0 Å². The Labute approximate surface area is 141 Å². The second kappa shape index (κ2) is 8.91. The van der Waals surface area contributed by atoms with E-state index in [-0.39, 0.29) is 12.4 Å². The van der Waals surface area contributed by atoms with Crippen molar-refractivity contribution in [2.45, 2.75) is 32.8 Å². The van der Waals surface area contributed by atoms with E-state index in [1.165, 1.54) is 0 Å². The van der Waals surface area contributed by atoms with Crippen LogP contribution in [0.4, 0.5) is 0 Å². The third-order valence-corrected chi connectivity index (χ3v) is 3.47. The van der Waals surface area contributed by atoms with Gasteiger partial charge in [-0.05, 0) is 25.5 Å². The molecule has 0 amide bonds. The quantitative estimate of drug-likeness (QED) is 0.718. The van der Waals surface area contributed by atoms with Gasteiger partial charge in [0.15, 0.2) is 0 Å². The summed E-state index contributed by atoms with van der Waals surface area (Å²) in [5.74, 6) is -0.290. The molecular formula is C19H22O5. The predicted molar refractivity (Wildman–Crippen MR) is 89.9 cm³/mol. The third-order valence-electron chi connectivity index (χ3n) is 3.47. The van der Waals surface area contributed by atoms with Crippen molar-refractivity contribution < 1.29 is 23.8 Å². The zero-order valence-corrected chi connectivity index (χ0v) is 14.0. The second-order valence-electron chi connectivity index (χ2n) is 5.26. The van der Waals surface area contributed by atoms with E-state index >= 15 is 0 Å². The van der Waals surface area contributed by atoms with Crippen LogP contribution in [0.2, 0.25) is 0 Å². The van der Waals surface area contributed by atoms with E-state index in [9.17, 15) is 9.59 Å². The number of allylic oxidation sites excluding steroid dienone is 1. The van der Waals surface area contributed by atoms with Gasteiger partial charge in [-0.15, -0.1) is 0 Å². The first-order valence-electron chi connectivity index (χ1n) is 8.09. The first kappa shape index (κ1) is 17.8. The van der Waals surface area contributed by atoms with Gasteiger partial charge in [-0.2, -0.15) is 0 Å². The predicted octanol–water partition coefficient (Wildman–Crippen LogP) is 3.26. The Bertz CT molecular complexity index is 630. The van der Waals surface area contributed by atoms with Crippen LogP contribution in [-0.4, -0.2) is 31.3 Å². The Morgan fingerprint density at radius 2 is 1.83 bits per heavy atom. The van der Waals surface area contributed by atoms with Crippen LogP contribution in [0, 0.1) is 0 Å². The van der Waals surface area contributed by atoms with Crippen LogP contribution >= 0.6 is 0 Å². The zero-order valence-electron chi connectivity index (χ0n) is 14.0. The summed E-state index contributed by atoms with van der Waals surface area (Å²) in [4.78, 5) is 23.7. The average molecular weight is 330 g/mol. The highest BCUT2D eigenvalue weighted by Crippen LogP contribution is 2.29. The molecule has 5 nitrogen and oxygen atoms in total. The van der Waals surface area contributed by atoms with Crippen LogP contribution in [-0.2, 0) is 23.8 Å². The summed E-state index contributed by atoms with van der Waals surface area (Å²) in [7, 11) is 0. The fourth-order valence-electron chi connectivity index (χ4n) is 2.42. The Hall–Kier alpha value is -2.56. The van der Waals surface area contributed by atoms with Crippen molar-refractivity contribution in [2.24, 2.45) is 0 Å². The van der Waals surface area contributed by atoms with Crippen LogP contribution in [0.3, 0.4) is 0 Å². The molecule has 0 fully saturated rings. The topological polar surface area (TPSA) is 61.8 Å². The van der Waals surface area contributed by atoms with Gasteiger partial charge in [0.2, 0.25) is 0 Å². The highest BCUT2D eigenvalue weighted by molar-refractivity contribution is 5.90. The number of hydrogen-bond donors (Lipinski definition) is 0. The van der Waals surface area contributed by atoms with Gasteiger partial charge < -0.3 is 14.2 Å². The Kier molecular flexibility index (Phi) is 6.61. The van der Waals surface area contributed by atoms with Gasteiger partial charge in [-0.25, -0.2) is 4.79 Å². The van der Waals surface area contributed by atoms with E-state index < -0.39 is 12.1 Å². The summed E-state index contributed by atoms with van der Waals surface area (Å²) >= 11 is 0. The molecular weight excluding hydrogens is 308 g/mol. The molecule has 0 saturated heterocycles. The lowest BCUT2D eigenvalue weighted by Crippen LogP contribution is -2.16. The Balaban J connectivity index is 2.12. The molecule has 1 aromatic carbocycles. The monoisotopic (exact) mass is 330 g/mol. The summed E-state index contributed by atoms with van der Waals surface area (Å²) in [5, 5.41) is 0. The largest absolute Gasteiger partial charge is 0.489 e. The van der Waals surface area contributed by atoms with Gasteiger partial charge in [0.1, 0.15) is 11.9 Å². The van der Waals surface area contributed by atoms with Gasteiger partial charge in [-0.1, -0.05) is 36.4 Å². The molecule has 0 aliphatic carbocycles. The lowest BCUT2D eigenvalue weighted by molar-refractivity contribution is -0.145.